The molecule has 1 fully saturated rings. The molecular formula is C11H17ClN4O2. The molecule has 2 rings (SSSR count). The Labute approximate surface area is 111 Å². The Bertz CT molecular complexity index is 410. The Morgan fingerprint density at radius 2 is 2.06 bits per heavy atom. The first kappa shape index (κ1) is 13.3. The smallest absolute Gasteiger partial charge is 0.322 e. The van der Waals surface area contributed by atoms with Crippen molar-refractivity contribution in [3.63, 3.8) is 0 Å². The zero-order valence-corrected chi connectivity index (χ0v) is 11.1. The fraction of sp³-hybridized carbons (Fsp3) is 0.727. The van der Waals surface area contributed by atoms with Crippen LogP contribution in [0.25, 0.3) is 0 Å². The summed E-state index contributed by atoms with van der Waals surface area (Å²) in [4.78, 5) is 11.8. The number of hydrogen-bond acceptors (Lipinski definition) is 6. The molecule has 7 heteroatoms. The molecule has 1 heterocycles. The number of hydrogen-bond donors (Lipinski definition) is 2. The van der Waals surface area contributed by atoms with Crippen molar-refractivity contribution in [3.05, 3.63) is 5.28 Å². The van der Waals surface area contributed by atoms with E-state index in [-0.39, 0.29) is 23.3 Å². The molecule has 1 aliphatic rings. The van der Waals surface area contributed by atoms with Gasteiger partial charge in [-0.3, -0.25) is 0 Å². The van der Waals surface area contributed by atoms with Crippen molar-refractivity contribution >= 4 is 17.5 Å². The number of methoxy groups -OCH3 is 1. The Hall–Kier alpha value is -1.14. The molecule has 100 valence electrons. The number of nitrogens with zero attached hydrogens (tertiary/aromatic N) is 3. The molecule has 6 nitrogen and oxygen atoms in total. The standard InChI is InChI=1S/C11H17ClN4O2/c1-18-10-15-8(12)14-9(16-10)13-6-11(7-17)4-2-3-5-11/h17H,2-7H2,1H3,(H,13,14,15,16). The third-order valence-corrected chi connectivity index (χ3v) is 3.56. The molecule has 0 amide bonds. The first-order chi connectivity index (χ1) is 8.67. The monoisotopic (exact) mass is 272 g/mol. The number of aromatic nitrogens is 3. The topological polar surface area (TPSA) is 80.2 Å². The van der Waals surface area contributed by atoms with Crippen LogP contribution in [0.15, 0.2) is 0 Å². The Kier molecular flexibility index (Phi) is 4.19. The van der Waals surface area contributed by atoms with Gasteiger partial charge in [0.1, 0.15) is 0 Å². The van der Waals surface area contributed by atoms with Crippen molar-refractivity contribution in [2.24, 2.45) is 5.41 Å². The number of aliphatic hydroxyl groups excluding tert-OH is 1. The number of anilines is 1. The van der Waals surface area contributed by atoms with E-state index in [1.165, 1.54) is 7.11 Å². The quantitative estimate of drug-likeness (QED) is 0.845. The maximum Gasteiger partial charge on any atom is 0.322 e. The number of nitrogens with one attached hydrogen (secondary N) is 1. The van der Waals surface area contributed by atoms with Gasteiger partial charge in [-0.1, -0.05) is 12.8 Å². The molecule has 1 aromatic rings. The summed E-state index contributed by atoms with van der Waals surface area (Å²) in [6, 6.07) is 0.182. The first-order valence-corrected chi connectivity index (χ1v) is 6.35. The lowest BCUT2D eigenvalue weighted by Gasteiger charge is -2.26. The average molecular weight is 273 g/mol. The van der Waals surface area contributed by atoms with E-state index < -0.39 is 0 Å². The van der Waals surface area contributed by atoms with Crippen molar-refractivity contribution in [1.29, 1.82) is 0 Å². The summed E-state index contributed by atoms with van der Waals surface area (Å²) in [7, 11) is 1.47. The summed E-state index contributed by atoms with van der Waals surface area (Å²) < 4.78 is 4.92. The minimum atomic E-state index is -0.0632. The Morgan fingerprint density at radius 3 is 2.67 bits per heavy atom. The third kappa shape index (κ3) is 3.00. The number of aliphatic hydroxyl groups is 1. The molecule has 0 saturated heterocycles. The maximum atomic E-state index is 9.51. The van der Waals surface area contributed by atoms with Crippen molar-refractivity contribution in [3.8, 4) is 6.01 Å². The number of halogens is 1. The largest absolute Gasteiger partial charge is 0.467 e. The molecule has 0 spiro atoms. The number of ether oxygens (including phenoxy) is 1. The van der Waals surface area contributed by atoms with Crippen molar-refractivity contribution in [2.45, 2.75) is 25.7 Å². The normalized spacial score (nSPS) is 17.7. The second kappa shape index (κ2) is 5.67. The minimum Gasteiger partial charge on any atom is -0.467 e. The second-order valence-corrected chi connectivity index (χ2v) is 4.97. The fourth-order valence-corrected chi connectivity index (χ4v) is 2.44. The van der Waals surface area contributed by atoms with E-state index in [0.29, 0.717) is 12.5 Å². The van der Waals surface area contributed by atoms with Gasteiger partial charge in [-0.25, -0.2) is 0 Å². The van der Waals surface area contributed by atoms with E-state index in [1.807, 2.05) is 0 Å². The van der Waals surface area contributed by atoms with Gasteiger partial charge in [0.05, 0.1) is 13.7 Å². The van der Waals surface area contributed by atoms with E-state index in [4.69, 9.17) is 16.3 Å². The maximum absolute atomic E-state index is 9.51. The lowest BCUT2D eigenvalue weighted by Crippen LogP contribution is -2.31. The highest BCUT2D eigenvalue weighted by Crippen LogP contribution is 2.37. The molecule has 1 aromatic heterocycles. The van der Waals surface area contributed by atoms with Gasteiger partial charge in [0.2, 0.25) is 11.2 Å². The molecule has 0 atom stereocenters. The molecule has 1 aliphatic carbocycles. The molecule has 1 saturated carbocycles. The van der Waals surface area contributed by atoms with Crippen LogP contribution in [0.2, 0.25) is 5.28 Å². The summed E-state index contributed by atoms with van der Waals surface area (Å²) in [6.45, 7) is 0.808. The van der Waals surface area contributed by atoms with E-state index in [0.717, 1.165) is 25.7 Å². The van der Waals surface area contributed by atoms with E-state index >= 15 is 0 Å². The van der Waals surface area contributed by atoms with Gasteiger partial charge >= 0.3 is 6.01 Å². The molecule has 2 N–H and O–H groups in total. The zero-order chi connectivity index (χ0) is 13.0. The Balaban J connectivity index is 2.03. The SMILES string of the molecule is COc1nc(Cl)nc(NCC2(CO)CCCC2)n1. The summed E-state index contributed by atoms with van der Waals surface area (Å²) in [5.41, 5.74) is -0.0632. The van der Waals surface area contributed by atoms with Crippen LogP contribution in [-0.2, 0) is 0 Å². The summed E-state index contributed by atoms with van der Waals surface area (Å²) in [5, 5.41) is 12.7. The van der Waals surface area contributed by atoms with E-state index in [2.05, 4.69) is 20.3 Å². The summed E-state index contributed by atoms with van der Waals surface area (Å²) in [5.74, 6) is 0.381. The van der Waals surface area contributed by atoms with Gasteiger partial charge < -0.3 is 15.2 Å². The highest BCUT2D eigenvalue weighted by Gasteiger charge is 2.33. The molecule has 0 unspecified atom stereocenters. The van der Waals surface area contributed by atoms with Crippen LogP contribution in [0, 0.1) is 5.41 Å². The number of rotatable bonds is 5. The van der Waals surface area contributed by atoms with Gasteiger partial charge in [-0.2, -0.15) is 15.0 Å². The highest BCUT2D eigenvalue weighted by molar-refractivity contribution is 6.28. The first-order valence-electron chi connectivity index (χ1n) is 5.98. The molecule has 18 heavy (non-hydrogen) atoms. The highest BCUT2D eigenvalue weighted by atomic mass is 35.5. The fourth-order valence-electron chi connectivity index (χ4n) is 2.28. The molecule has 0 aliphatic heterocycles. The zero-order valence-electron chi connectivity index (χ0n) is 10.3. The molecule has 0 radical (unpaired) electrons. The van der Waals surface area contributed by atoms with E-state index in [1.54, 1.807) is 0 Å². The van der Waals surface area contributed by atoms with Crippen LogP contribution >= 0.6 is 11.6 Å². The third-order valence-electron chi connectivity index (χ3n) is 3.39. The second-order valence-electron chi connectivity index (χ2n) is 4.63. The van der Waals surface area contributed by atoms with Crippen molar-refractivity contribution < 1.29 is 9.84 Å². The molecule has 0 aromatic carbocycles. The predicted octanol–water partition coefficient (Wildman–Crippen LogP) is 1.50. The van der Waals surface area contributed by atoms with Crippen LogP contribution in [0.1, 0.15) is 25.7 Å². The van der Waals surface area contributed by atoms with Gasteiger partial charge in [-0.05, 0) is 24.4 Å². The van der Waals surface area contributed by atoms with Gasteiger partial charge in [-0.15, -0.1) is 0 Å². The van der Waals surface area contributed by atoms with Gasteiger partial charge in [0.25, 0.3) is 0 Å². The Morgan fingerprint density at radius 1 is 1.33 bits per heavy atom. The molecular weight excluding hydrogens is 256 g/mol. The van der Waals surface area contributed by atoms with Gasteiger partial charge in [0, 0.05) is 12.0 Å². The van der Waals surface area contributed by atoms with Gasteiger partial charge in [0.15, 0.2) is 0 Å². The lowest BCUT2D eigenvalue weighted by atomic mass is 9.87. The minimum absolute atomic E-state index is 0.0632. The van der Waals surface area contributed by atoms with Crippen molar-refractivity contribution in [2.75, 3.05) is 25.6 Å². The lowest BCUT2D eigenvalue weighted by molar-refractivity contribution is 0.142. The van der Waals surface area contributed by atoms with Crippen molar-refractivity contribution in [1.82, 2.24) is 15.0 Å². The van der Waals surface area contributed by atoms with Crippen LogP contribution in [0.3, 0.4) is 0 Å². The summed E-state index contributed by atoms with van der Waals surface area (Å²) >= 11 is 5.76. The van der Waals surface area contributed by atoms with Crippen LogP contribution in [0.4, 0.5) is 5.95 Å². The van der Waals surface area contributed by atoms with E-state index in [9.17, 15) is 5.11 Å². The van der Waals surface area contributed by atoms with Crippen LogP contribution in [-0.4, -0.2) is 40.3 Å². The van der Waals surface area contributed by atoms with Crippen LogP contribution in [0.5, 0.6) is 6.01 Å². The summed E-state index contributed by atoms with van der Waals surface area (Å²) in [6.07, 6.45) is 4.35. The molecule has 0 bridgehead atoms. The van der Waals surface area contributed by atoms with Crippen LogP contribution < -0.4 is 10.1 Å². The average Bonchev–Trinajstić information content (AvgIpc) is 2.85. The predicted molar refractivity (Wildman–Crippen MR) is 67.9 cm³/mol.